The zero-order chi connectivity index (χ0) is 13.8. The molecule has 1 aliphatic heterocycles. The van der Waals surface area contributed by atoms with E-state index in [0.29, 0.717) is 12.3 Å². The molecular weight excluding hydrogens is 306 g/mol. The second kappa shape index (κ2) is 7.67. The zero-order valence-electron chi connectivity index (χ0n) is 11.1. The molecule has 1 amide bonds. The Labute approximate surface area is 128 Å². The van der Waals surface area contributed by atoms with Crippen molar-refractivity contribution in [3.8, 4) is 5.75 Å². The van der Waals surface area contributed by atoms with E-state index in [4.69, 9.17) is 16.3 Å². The predicted octanol–water partition coefficient (Wildman–Crippen LogP) is 2.10. The summed E-state index contributed by atoms with van der Waals surface area (Å²) in [6.07, 6.45) is 0. The Morgan fingerprint density at radius 3 is 3.00 bits per heavy atom. The maximum atomic E-state index is 12.9. The lowest BCUT2D eigenvalue weighted by atomic mass is 10.2. The molecule has 1 fully saturated rings. The van der Waals surface area contributed by atoms with Gasteiger partial charge in [0.1, 0.15) is 11.6 Å². The topological polar surface area (TPSA) is 41.6 Å². The lowest BCUT2D eigenvalue weighted by Crippen LogP contribution is -2.53. The summed E-state index contributed by atoms with van der Waals surface area (Å²) in [6, 6.07) is 3.98. The van der Waals surface area contributed by atoms with Crippen molar-refractivity contribution in [3.05, 3.63) is 29.0 Å². The molecule has 0 aliphatic carbocycles. The number of hydrogen-bond acceptors (Lipinski definition) is 3. The van der Waals surface area contributed by atoms with Gasteiger partial charge in [-0.25, -0.2) is 4.39 Å². The summed E-state index contributed by atoms with van der Waals surface area (Å²) in [5.74, 6) is -0.201. The molecule has 7 heteroatoms. The number of rotatable bonds is 3. The van der Waals surface area contributed by atoms with E-state index in [1.165, 1.54) is 12.1 Å². The molecule has 0 radical (unpaired) electrons. The van der Waals surface area contributed by atoms with E-state index >= 15 is 0 Å². The van der Waals surface area contributed by atoms with E-state index in [2.05, 4.69) is 5.32 Å². The Morgan fingerprint density at radius 1 is 1.60 bits per heavy atom. The number of ether oxygens (including phenoxy) is 1. The first-order valence-corrected chi connectivity index (χ1v) is 6.54. The van der Waals surface area contributed by atoms with Gasteiger partial charge in [-0.1, -0.05) is 11.6 Å². The van der Waals surface area contributed by atoms with E-state index < -0.39 is 5.82 Å². The summed E-state index contributed by atoms with van der Waals surface area (Å²) < 4.78 is 18.2. The molecular formula is C13H17Cl2FN2O2. The van der Waals surface area contributed by atoms with Crippen LogP contribution in [0.3, 0.4) is 0 Å². The van der Waals surface area contributed by atoms with Crippen molar-refractivity contribution >= 4 is 29.9 Å². The van der Waals surface area contributed by atoms with E-state index in [1.54, 1.807) is 4.90 Å². The fourth-order valence-electron chi connectivity index (χ4n) is 2.03. The normalized spacial score (nSPS) is 18.4. The number of piperazine rings is 1. The first-order chi connectivity index (χ1) is 9.08. The van der Waals surface area contributed by atoms with E-state index in [1.807, 2.05) is 6.92 Å². The maximum Gasteiger partial charge on any atom is 0.260 e. The Bertz CT molecular complexity index is 474. The number of amides is 1. The first kappa shape index (κ1) is 17.0. The van der Waals surface area contributed by atoms with Crippen molar-refractivity contribution in [3.63, 3.8) is 0 Å². The lowest BCUT2D eigenvalue weighted by molar-refractivity contribution is -0.136. The van der Waals surface area contributed by atoms with E-state index in [9.17, 15) is 9.18 Å². The van der Waals surface area contributed by atoms with E-state index in [-0.39, 0.29) is 36.0 Å². The molecule has 0 spiro atoms. The largest absolute Gasteiger partial charge is 0.482 e. The third-order valence-electron chi connectivity index (χ3n) is 3.07. The fourth-order valence-corrected chi connectivity index (χ4v) is 2.25. The van der Waals surface area contributed by atoms with Gasteiger partial charge < -0.3 is 15.0 Å². The Morgan fingerprint density at radius 2 is 2.35 bits per heavy atom. The van der Waals surface area contributed by atoms with Crippen molar-refractivity contribution in [2.45, 2.75) is 13.0 Å². The van der Waals surface area contributed by atoms with Crippen LogP contribution in [0.4, 0.5) is 4.39 Å². The number of benzene rings is 1. The third-order valence-corrected chi connectivity index (χ3v) is 3.36. The molecule has 0 saturated carbocycles. The highest BCUT2D eigenvalue weighted by Gasteiger charge is 2.23. The monoisotopic (exact) mass is 322 g/mol. The molecule has 1 saturated heterocycles. The minimum atomic E-state index is -0.431. The number of hydrogen-bond donors (Lipinski definition) is 1. The van der Waals surface area contributed by atoms with Crippen molar-refractivity contribution in [2.24, 2.45) is 0 Å². The van der Waals surface area contributed by atoms with Crippen LogP contribution in [-0.2, 0) is 4.79 Å². The van der Waals surface area contributed by atoms with Crippen molar-refractivity contribution in [1.29, 1.82) is 0 Å². The Kier molecular flexibility index (Phi) is 6.52. The Balaban J connectivity index is 0.00000200. The lowest BCUT2D eigenvalue weighted by Gasteiger charge is -2.33. The van der Waals surface area contributed by atoms with Crippen LogP contribution in [0.2, 0.25) is 5.02 Å². The van der Waals surface area contributed by atoms with Crippen molar-refractivity contribution in [2.75, 3.05) is 26.2 Å². The summed E-state index contributed by atoms with van der Waals surface area (Å²) >= 11 is 5.83. The third kappa shape index (κ3) is 4.23. The number of halogens is 3. The van der Waals surface area contributed by atoms with Crippen molar-refractivity contribution < 1.29 is 13.9 Å². The number of carbonyl (C=O) groups is 1. The van der Waals surface area contributed by atoms with E-state index in [0.717, 1.165) is 19.2 Å². The molecule has 1 atom stereocenters. The van der Waals surface area contributed by atoms with Crippen LogP contribution in [0, 0.1) is 5.82 Å². The average molecular weight is 323 g/mol. The highest BCUT2D eigenvalue weighted by molar-refractivity contribution is 6.32. The minimum absolute atomic E-state index is 0. The molecule has 1 aromatic rings. The number of carbonyl (C=O) groups excluding carboxylic acids is 1. The van der Waals surface area contributed by atoms with Crippen molar-refractivity contribution in [1.82, 2.24) is 10.2 Å². The van der Waals surface area contributed by atoms with Crippen LogP contribution < -0.4 is 10.1 Å². The summed E-state index contributed by atoms with van der Waals surface area (Å²) in [6.45, 7) is 4.13. The van der Waals surface area contributed by atoms with Gasteiger partial charge in [0.05, 0.1) is 5.02 Å². The molecule has 0 bridgehead atoms. The molecule has 4 nitrogen and oxygen atoms in total. The molecule has 2 rings (SSSR count). The van der Waals surface area contributed by atoms with Gasteiger partial charge in [0.15, 0.2) is 6.61 Å². The average Bonchev–Trinajstić information content (AvgIpc) is 2.38. The van der Waals surface area contributed by atoms with Crippen LogP contribution in [0.1, 0.15) is 6.92 Å². The first-order valence-electron chi connectivity index (χ1n) is 6.16. The molecule has 1 aromatic carbocycles. The highest BCUT2D eigenvalue weighted by atomic mass is 35.5. The molecule has 0 aromatic heterocycles. The van der Waals surface area contributed by atoms with Crippen LogP contribution in [0.25, 0.3) is 0 Å². The number of nitrogens with one attached hydrogen (secondary N) is 1. The molecule has 1 N–H and O–H groups in total. The minimum Gasteiger partial charge on any atom is -0.482 e. The van der Waals surface area contributed by atoms with Gasteiger partial charge in [-0.05, 0) is 25.1 Å². The quantitative estimate of drug-likeness (QED) is 0.926. The van der Waals surface area contributed by atoms with Gasteiger partial charge in [-0.2, -0.15) is 0 Å². The van der Waals surface area contributed by atoms with Gasteiger partial charge >= 0.3 is 0 Å². The summed E-state index contributed by atoms with van der Waals surface area (Å²) in [5, 5.41) is 3.38. The van der Waals surface area contributed by atoms with Crippen LogP contribution >= 0.6 is 24.0 Å². The Hall–Kier alpha value is -1.04. The van der Waals surface area contributed by atoms with Gasteiger partial charge in [0.2, 0.25) is 0 Å². The molecule has 1 heterocycles. The molecule has 112 valence electrons. The van der Waals surface area contributed by atoms with Crippen LogP contribution in [-0.4, -0.2) is 43.1 Å². The predicted molar refractivity (Wildman–Crippen MR) is 78.2 cm³/mol. The van der Waals surface area contributed by atoms with Gasteiger partial charge in [0, 0.05) is 25.7 Å². The van der Waals surface area contributed by atoms with Crippen LogP contribution in [0.5, 0.6) is 5.75 Å². The molecule has 1 aliphatic rings. The maximum absolute atomic E-state index is 12.9. The SMILES string of the molecule is CC1CNCCN1C(=O)COc1ccc(F)cc1Cl.Cl. The second-order valence-corrected chi connectivity index (χ2v) is 4.91. The summed E-state index contributed by atoms with van der Waals surface area (Å²) in [4.78, 5) is 13.8. The molecule has 20 heavy (non-hydrogen) atoms. The van der Waals surface area contributed by atoms with Gasteiger partial charge in [-0.15, -0.1) is 12.4 Å². The van der Waals surface area contributed by atoms with Crippen LogP contribution in [0.15, 0.2) is 18.2 Å². The smallest absolute Gasteiger partial charge is 0.260 e. The summed E-state index contributed by atoms with van der Waals surface area (Å²) in [5.41, 5.74) is 0. The highest BCUT2D eigenvalue weighted by Crippen LogP contribution is 2.24. The number of nitrogens with zero attached hydrogens (tertiary/aromatic N) is 1. The fraction of sp³-hybridized carbons (Fsp3) is 0.462. The standard InChI is InChI=1S/C13H16ClFN2O2.ClH/c1-9-7-16-4-5-17(9)13(18)8-19-12-3-2-10(15)6-11(12)14;/h2-3,6,9,16H,4-5,7-8H2,1H3;1H. The second-order valence-electron chi connectivity index (χ2n) is 4.50. The molecule has 1 unspecified atom stereocenters. The van der Waals surface area contributed by atoms with Gasteiger partial charge in [-0.3, -0.25) is 4.79 Å². The summed E-state index contributed by atoms with van der Waals surface area (Å²) in [7, 11) is 0. The zero-order valence-corrected chi connectivity index (χ0v) is 12.6. The van der Waals surface area contributed by atoms with Gasteiger partial charge in [0.25, 0.3) is 5.91 Å².